The van der Waals surface area contributed by atoms with Crippen LogP contribution in [0.5, 0.6) is 0 Å². The number of alkyl halides is 2. The third-order valence-corrected chi connectivity index (χ3v) is 4.95. The first-order valence-electron chi connectivity index (χ1n) is 4.72. The van der Waals surface area contributed by atoms with Crippen molar-refractivity contribution in [3.05, 3.63) is 0 Å². The summed E-state index contributed by atoms with van der Waals surface area (Å²) < 4.78 is 87.1. The second-order valence-corrected chi connectivity index (χ2v) is 6.99. The fraction of sp³-hybridized carbons (Fsp3) is 1.00. The Hall–Kier alpha value is -0.320. The summed E-state index contributed by atoms with van der Waals surface area (Å²) in [5.74, 6) is 0. The molecule has 1 rings (SSSR count). The lowest BCUT2D eigenvalue weighted by Gasteiger charge is -2.31. The Morgan fingerprint density at radius 1 is 0.882 bits per heavy atom. The van der Waals surface area contributed by atoms with Gasteiger partial charge in [-0.1, -0.05) is 12.8 Å². The predicted octanol–water partition coefficient (Wildman–Crippen LogP) is 0.914. The molecule has 0 radical (unpaired) electrons. The Balaban J connectivity index is 3.25. The molecule has 0 aromatic heterocycles. The van der Waals surface area contributed by atoms with Crippen molar-refractivity contribution in [3.63, 3.8) is 0 Å². The molecule has 10 heteroatoms. The van der Waals surface area contributed by atoms with Crippen LogP contribution in [0, 0.1) is 5.41 Å². The molecule has 0 saturated heterocycles. The summed E-state index contributed by atoms with van der Waals surface area (Å²) in [6.45, 7) is 0. The molecule has 1 aliphatic rings. The van der Waals surface area contributed by atoms with Gasteiger partial charge in [-0.25, -0.2) is 8.78 Å². The molecule has 2 unspecified atom stereocenters. The second-order valence-electron chi connectivity index (χ2n) is 4.10. The molecule has 2 N–H and O–H groups in total. The average molecular weight is 294 g/mol. The van der Waals surface area contributed by atoms with Gasteiger partial charge in [0.15, 0.2) is 0 Å². The molecule has 0 heterocycles. The van der Waals surface area contributed by atoms with Gasteiger partial charge in [-0.3, -0.25) is 9.11 Å². The summed E-state index contributed by atoms with van der Waals surface area (Å²) in [5.41, 5.74) is -8.58. The summed E-state index contributed by atoms with van der Waals surface area (Å²) >= 11 is 0. The van der Waals surface area contributed by atoms with Crippen LogP contribution in [0.2, 0.25) is 0 Å². The topological polar surface area (TPSA) is 109 Å². The summed E-state index contributed by atoms with van der Waals surface area (Å²) in [5, 5.41) is 0. The van der Waals surface area contributed by atoms with Crippen molar-refractivity contribution in [3.8, 4) is 0 Å². The van der Waals surface area contributed by atoms with Gasteiger partial charge in [-0.15, -0.1) is 0 Å². The predicted molar refractivity (Wildman–Crippen MR) is 53.8 cm³/mol. The van der Waals surface area contributed by atoms with Crippen LogP contribution in [0.25, 0.3) is 0 Å². The maximum atomic E-state index is 13.6. The zero-order valence-corrected chi connectivity index (χ0v) is 10.2. The molecule has 0 aromatic rings. The van der Waals surface area contributed by atoms with Crippen molar-refractivity contribution in [2.45, 2.75) is 36.7 Å². The molecule has 17 heavy (non-hydrogen) atoms. The quantitative estimate of drug-likeness (QED) is 0.746. The van der Waals surface area contributed by atoms with Crippen molar-refractivity contribution in [2.75, 3.05) is 0 Å². The zero-order valence-electron chi connectivity index (χ0n) is 8.58. The van der Waals surface area contributed by atoms with Crippen molar-refractivity contribution in [2.24, 2.45) is 5.41 Å². The molecule has 6 nitrogen and oxygen atoms in total. The number of hydrogen-bond donors (Lipinski definition) is 2. The zero-order chi connectivity index (χ0) is 13.5. The van der Waals surface area contributed by atoms with Gasteiger partial charge in [0.2, 0.25) is 11.0 Å². The standard InChI is InChI=1S/C7H12F2O6S2/c8-5(16(10,11)12)7(3-1-2-4-7)6(9)17(13,14)15/h5-6H,1-4H2,(H,10,11,12)(H,13,14,15). The molecule has 1 fully saturated rings. The van der Waals surface area contributed by atoms with E-state index in [-0.39, 0.29) is 25.7 Å². The van der Waals surface area contributed by atoms with E-state index in [1.807, 2.05) is 0 Å². The first-order valence-corrected chi connectivity index (χ1v) is 7.73. The van der Waals surface area contributed by atoms with Crippen LogP contribution < -0.4 is 0 Å². The van der Waals surface area contributed by atoms with E-state index in [0.717, 1.165) is 0 Å². The molecule has 0 amide bonds. The molecule has 102 valence electrons. The van der Waals surface area contributed by atoms with Gasteiger partial charge in [0.25, 0.3) is 20.2 Å². The first kappa shape index (κ1) is 14.7. The highest BCUT2D eigenvalue weighted by Gasteiger charge is 2.58. The lowest BCUT2D eigenvalue weighted by molar-refractivity contribution is 0.0926. The molecule has 1 saturated carbocycles. The molecule has 0 spiro atoms. The third-order valence-electron chi connectivity index (χ3n) is 2.96. The lowest BCUT2D eigenvalue weighted by Crippen LogP contribution is -2.46. The van der Waals surface area contributed by atoms with Gasteiger partial charge in [0.05, 0.1) is 5.41 Å². The monoisotopic (exact) mass is 294 g/mol. The van der Waals surface area contributed by atoms with Crippen LogP contribution >= 0.6 is 0 Å². The van der Waals surface area contributed by atoms with E-state index in [4.69, 9.17) is 9.11 Å². The highest BCUT2D eigenvalue weighted by atomic mass is 32.2. The minimum Gasteiger partial charge on any atom is -0.283 e. The Bertz CT molecular complexity index is 438. The molecule has 0 bridgehead atoms. The highest BCUT2D eigenvalue weighted by molar-refractivity contribution is 7.87. The van der Waals surface area contributed by atoms with E-state index in [1.165, 1.54) is 0 Å². The Labute approximate surface area is 97.5 Å². The molecule has 0 aromatic carbocycles. The average Bonchev–Trinajstić information content (AvgIpc) is 2.62. The maximum Gasteiger partial charge on any atom is 0.298 e. The molecule has 0 aliphatic heterocycles. The smallest absolute Gasteiger partial charge is 0.283 e. The molecular weight excluding hydrogens is 282 g/mol. The van der Waals surface area contributed by atoms with Crippen molar-refractivity contribution in [1.29, 1.82) is 0 Å². The third kappa shape index (κ3) is 2.75. The molecule has 2 atom stereocenters. The minimum absolute atomic E-state index is 0.214. The van der Waals surface area contributed by atoms with Gasteiger partial charge >= 0.3 is 0 Å². The van der Waals surface area contributed by atoms with E-state index >= 15 is 0 Å². The summed E-state index contributed by atoms with van der Waals surface area (Å²) in [6, 6.07) is 0. The largest absolute Gasteiger partial charge is 0.298 e. The van der Waals surface area contributed by atoms with Crippen molar-refractivity contribution in [1.82, 2.24) is 0 Å². The lowest BCUT2D eigenvalue weighted by atomic mass is 9.89. The van der Waals surface area contributed by atoms with Crippen LogP contribution in [0.15, 0.2) is 0 Å². The number of halogens is 2. The second kappa shape index (κ2) is 4.41. The Morgan fingerprint density at radius 3 is 1.41 bits per heavy atom. The van der Waals surface area contributed by atoms with Gasteiger partial charge in [0, 0.05) is 0 Å². The van der Waals surface area contributed by atoms with Gasteiger partial charge in [-0.05, 0) is 12.8 Å². The maximum absolute atomic E-state index is 13.6. The van der Waals surface area contributed by atoms with E-state index in [9.17, 15) is 25.6 Å². The minimum atomic E-state index is -5.23. The van der Waals surface area contributed by atoms with E-state index < -0.39 is 36.7 Å². The first-order chi connectivity index (χ1) is 7.52. The van der Waals surface area contributed by atoms with E-state index in [2.05, 4.69) is 0 Å². The van der Waals surface area contributed by atoms with Crippen LogP contribution in [0.1, 0.15) is 25.7 Å². The number of rotatable bonds is 4. The Morgan fingerprint density at radius 2 is 1.18 bits per heavy atom. The van der Waals surface area contributed by atoms with Crippen molar-refractivity contribution < 1.29 is 34.7 Å². The van der Waals surface area contributed by atoms with Gasteiger partial charge in [-0.2, -0.15) is 16.8 Å². The van der Waals surface area contributed by atoms with Crippen LogP contribution in [0.4, 0.5) is 8.78 Å². The SMILES string of the molecule is O=S(=O)(O)C(F)C1(C(F)S(=O)(=O)O)CCCC1. The van der Waals surface area contributed by atoms with E-state index in [1.54, 1.807) is 0 Å². The summed E-state index contributed by atoms with van der Waals surface area (Å²) in [6.07, 6.45) is -0.332. The van der Waals surface area contributed by atoms with E-state index in [0.29, 0.717) is 0 Å². The van der Waals surface area contributed by atoms with Crippen LogP contribution in [-0.4, -0.2) is 36.9 Å². The molecule has 1 aliphatic carbocycles. The van der Waals surface area contributed by atoms with Crippen molar-refractivity contribution >= 4 is 20.2 Å². The normalized spacial score (nSPS) is 24.5. The van der Waals surface area contributed by atoms with Crippen LogP contribution in [-0.2, 0) is 20.2 Å². The fourth-order valence-corrected chi connectivity index (χ4v) is 4.17. The number of hydrogen-bond acceptors (Lipinski definition) is 4. The summed E-state index contributed by atoms with van der Waals surface area (Å²) in [4.78, 5) is 0. The fourth-order valence-electron chi connectivity index (χ4n) is 2.18. The summed E-state index contributed by atoms with van der Waals surface area (Å²) in [7, 11) is -10.5. The van der Waals surface area contributed by atoms with Gasteiger partial charge < -0.3 is 0 Å². The Kier molecular flexibility index (Phi) is 3.82. The van der Waals surface area contributed by atoms with Crippen LogP contribution in [0.3, 0.4) is 0 Å². The highest BCUT2D eigenvalue weighted by Crippen LogP contribution is 2.49. The molecular formula is C7H12F2O6S2. The van der Waals surface area contributed by atoms with Gasteiger partial charge in [0.1, 0.15) is 0 Å².